The van der Waals surface area contributed by atoms with Gasteiger partial charge in [0.05, 0.1) is 35.7 Å². The van der Waals surface area contributed by atoms with Crippen LogP contribution in [0.1, 0.15) is 24.8 Å². The fourth-order valence-electron chi connectivity index (χ4n) is 4.79. The number of hydrogen-bond acceptors (Lipinski definition) is 7. The minimum Gasteiger partial charge on any atom is -0.476 e. The third-order valence-corrected chi connectivity index (χ3v) is 7.21. The van der Waals surface area contributed by atoms with Crippen LogP contribution in [-0.2, 0) is 20.2 Å². The summed E-state index contributed by atoms with van der Waals surface area (Å²) in [5.41, 5.74) is 4.17. The zero-order valence-corrected chi connectivity index (χ0v) is 21.1. The maximum Gasteiger partial charge on any atom is 0.238 e. The second kappa shape index (κ2) is 8.46. The summed E-state index contributed by atoms with van der Waals surface area (Å²) in [7, 11) is 2.23. The van der Waals surface area contributed by atoms with Crippen LogP contribution in [0.4, 0.5) is 11.4 Å². The first-order valence-electron chi connectivity index (χ1n) is 11.6. The summed E-state index contributed by atoms with van der Waals surface area (Å²) in [5.74, 6) is 0.370. The van der Waals surface area contributed by atoms with E-state index in [0.717, 1.165) is 65.3 Å². The second-order valence-corrected chi connectivity index (χ2v) is 11.4. The number of nitrogens with one attached hydrogen (secondary N) is 1. The number of carbonyl (C=O) groups excluding carboxylic acids is 1. The summed E-state index contributed by atoms with van der Waals surface area (Å²) in [6.07, 6.45) is 7.03. The van der Waals surface area contributed by atoms with Gasteiger partial charge >= 0.3 is 0 Å². The molecule has 1 fully saturated rings. The molecule has 1 aromatic carbocycles. The fourth-order valence-corrected chi connectivity index (χ4v) is 5.34. The largest absolute Gasteiger partial charge is 0.476 e. The van der Waals surface area contributed by atoms with E-state index in [0.29, 0.717) is 12.3 Å². The van der Waals surface area contributed by atoms with E-state index in [-0.39, 0.29) is 11.8 Å². The van der Waals surface area contributed by atoms with Crippen LogP contribution >= 0.6 is 0 Å². The normalized spacial score (nSPS) is 16.3. The average Bonchev–Trinajstić information content (AvgIpc) is 3.57. The lowest BCUT2D eigenvalue weighted by Gasteiger charge is -2.15. The van der Waals surface area contributed by atoms with Gasteiger partial charge in [0.25, 0.3) is 0 Å². The Morgan fingerprint density at radius 3 is 2.60 bits per heavy atom. The molecule has 0 radical (unpaired) electrons. The van der Waals surface area contributed by atoms with E-state index in [1.165, 1.54) is 0 Å². The molecular formula is C25H29N5O4S. The predicted molar refractivity (Wildman–Crippen MR) is 136 cm³/mol. The van der Waals surface area contributed by atoms with E-state index >= 15 is 0 Å². The molecule has 0 saturated heterocycles. The van der Waals surface area contributed by atoms with E-state index in [1.54, 1.807) is 30.4 Å². The van der Waals surface area contributed by atoms with Gasteiger partial charge < -0.3 is 14.5 Å². The highest BCUT2D eigenvalue weighted by atomic mass is 32.2. The number of anilines is 2. The van der Waals surface area contributed by atoms with Crippen LogP contribution in [0.2, 0.25) is 0 Å². The summed E-state index contributed by atoms with van der Waals surface area (Å²) in [5, 5.41) is 0.942. The van der Waals surface area contributed by atoms with Gasteiger partial charge in [-0.25, -0.2) is 13.4 Å². The number of likely N-dealkylation sites (N-methyl/N-ethyl adjacent to an activating group) is 1. The first-order chi connectivity index (χ1) is 16.6. The monoisotopic (exact) mass is 495 g/mol. The van der Waals surface area contributed by atoms with Gasteiger partial charge in [0, 0.05) is 36.3 Å². The second-order valence-electron chi connectivity index (χ2n) is 9.65. The third-order valence-electron chi connectivity index (χ3n) is 6.62. The van der Waals surface area contributed by atoms with E-state index in [2.05, 4.69) is 19.6 Å². The zero-order chi connectivity index (χ0) is 25.0. The molecule has 5 rings (SSSR count). The average molecular weight is 496 g/mol. The Labute approximate surface area is 205 Å². The van der Waals surface area contributed by atoms with Crippen molar-refractivity contribution in [3.63, 3.8) is 0 Å². The number of fused-ring (bicyclic) bond motifs is 4. The minimum absolute atomic E-state index is 0.129. The first-order valence-corrected chi connectivity index (χ1v) is 13.5. The molecule has 35 heavy (non-hydrogen) atoms. The summed E-state index contributed by atoms with van der Waals surface area (Å²) < 4.78 is 32.4. The van der Waals surface area contributed by atoms with Crippen molar-refractivity contribution in [3.8, 4) is 17.0 Å². The predicted octanol–water partition coefficient (Wildman–Crippen LogP) is 3.01. The molecule has 1 aliphatic carbocycles. The standard InChI is InChI=1S/C25H29N5O4S/c1-29(2)10-5-11-34-23-20(28-35(4,32)33)13-17(14-27-23)16-6-7-19-18(12-16)22-21(15-26-19)30(3)24(31)25(22)8-9-25/h6-7,12-15,28H,5,8-11H2,1-4H3. The highest BCUT2D eigenvalue weighted by molar-refractivity contribution is 7.92. The lowest BCUT2D eigenvalue weighted by Crippen LogP contribution is -2.28. The van der Waals surface area contributed by atoms with E-state index < -0.39 is 15.4 Å². The van der Waals surface area contributed by atoms with E-state index in [9.17, 15) is 13.2 Å². The number of sulfonamides is 1. The van der Waals surface area contributed by atoms with Gasteiger partial charge in [-0.3, -0.25) is 14.5 Å². The number of hydrogen-bond donors (Lipinski definition) is 1. The molecule has 1 aliphatic heterocycles. The number of amides is 1. The topological polar surface area (TPSA) is 105 Å². The molecule has 0 unspecified atom stereocenters. The van der Waals surface area contributed by atoms with Crippen molar-refractivity contribution in [1.29, 1.82) is 0 Å². The Kier molecular flexibility index (Phi) is 5.68. The van der Waals surface area contributed by atoms with E-state index in [4.69, 9.17) is 4.74 Å². The van der Waals surface area contributed by atoms with Crippen molar-refractivity contribution in [1.82, 2.24) is 14.9 Å². The van der Waals surface area contributed by atoms with E-state index in [1.807, 2.05) is 32.3 Å². The van der Waals surface area contributed by atoms with Gasteiger partial charge in [-0.15, -0.1) is 0 Å². The van der Waals surface area contributed by atoms with Gasteiger partial charge in [0.2, 0.25) is 21.8 Å². The van der Waals surface area contributed by atoms with Gasteiger partial charge in [-0.2, -0.15) is 0 Å². The first kappa shape index (κ1) is 23.5. The zero-order valence-electron chi connectivity index (χ0n) is 20.3. The molecule has 2 aliphatic rings. The summed E-state index contributed by atoms with van der Waals surface area (Å²) in [6, 6.07) is 7.61. The lowest BCUT2D eigenvalue weighted by atomic mass is 9.92. The highest BCUT2D eigenvalue weighted by Gasteiger charge is 2.59. The Hall–Kier alpha value is -3.24. The van der Waals surface area contributed by atoms with Crippen molar-refractivity contribution in [3.05, 3.63) is 42.2 Å². The molecule has 1 amide bonds. The number of rotatable bonds is 8. The molecular weight excluding hydrogens is 466 g/mol. The third kappa shape index (κ3) is 4.32. The molecule has 1 saturated carbocycles. The van der Waals surface area contributed by atoms with Gasteiger partial charge in [0.15, 0.2) is 0 Å². The smallest absolute Gasteiger partial charge is 0.238 e. The van der Waals surface area contributed by atoms with Gasteiger partial charge in [-0.1, -0.05) is 6.07 Å². The van der Waals surface area contributed by atoms with Crippen molar-refractivity contribution in [2.24, 2.45) is 0 Å². The fraction of sp³-hybridized carbons (Fsp3) is 0.400. The molecule has 184 valence electrons. The Bertz CT molecular complexity index is 1430. The molecule has 10 heteroatoms. The lowest BCUT2D eigenvalue weighted by molar-refractivity contribution is -0.119. The number of ether oxygens (including phenoxy) is 1. The van der Waals surface area contributed by atoms with Crippen LogP contribution in [0.3, 0.4) is 0 Å². The minimum atomic E-state index is -3.54. The summed E-state index contributed by atoms with van der Waals surface area (Å²) in [6.45, 7) is 1.27. The number of benzene rings is 1. The van der Waals surface area contributed by atoms with Crippen LogP contribution in [0.25, 0.3) is 22.0 Å². The molecule has 3 aromatic rings. The molecule has 3 heterocycles. The Balaban J connectivity index is 1.54. The molecule has 0 atom stereocenters. The van der Waals surface area contributed by atoms with Crippen LogP contribution in [0, 0.1) is 0 Å². The van der Waals surface area contributed by atoms with Crippen molar-refractivity contribution < 1.29 is 17.9 Å². The quantitative estimate of drug-likeness (QED) is 0.479. The summed E-state index contributed by atoms with van der Waals surface area (Å²) in [4.78, 5) is 25.7. The molecule has 9 nitrogen and oxygen atoms in total. The number of aromatic nitrogens is 2. The molecule has 0 bridgehead atoms. The number of carbonyl (C=O) groups is 1. The van der Waals surface area contributed by atoms with Crippen molar-refractivity contribution >= 4 is 38.2 Å². The van der Waals surface area contributed by atoms with Crippen molar-refractivity contribution in [2.75, 3.05) is 50.2 Å². The van der Waals surface area contributed by atoms with Gasteiger partial charge in [-0.05, 0) is 57.1 Å². The Morgan fingerprint density at radius 2 is 1.91 bits per heavy atom. The summed E-state index contributed by atoms with van der Waals surface area (Å²) >= 11 is 0. The maximum absolute atomic E-state index is 12.9. The van der Waals surface area contributed by atoms with Crippen LogP contribution in [0.15, 0.2) is 36.7 Å². The Morgan fingerprint density at radius 1 is 1.14 bits per heavy atom. The van der Waals surface area contributed by atoms with Crippen LogP contribution < -0.4 is 14.4 Å². The molecule has 2 aromatic heterocycles. The SMILES string of the molecule is CN(C)CCCOc1ncc(-c2ccc3ncc4c(c3c2)C2(CC2)C(=O)N4C)cc1NS(C)(=O)=O. The number of nitrogens with zero attached hydrogens (tertiary/aromatic N) is 4. The number of pyridine rings is 2. The van der Waals surface area contributed by atoms with Crippen molar-refractivity contribution in [2.45, 2.75) is 24.7 Å². The molecule has 1 spiro atoms. The maximum atomic E-state index is 12.9. The molecule has 1 N–H and O–H groups in total. The highest BCUT2D eigenvalue weighted by Crippen LogP contribution is 2.58. The van der Waals surface area contributed by atoms with Crippen LogP contribution in [0.5, 0.6) is 5.88 Å². The van der Waals surface area contributed by atoms with Gasteiger partial charge in [0.1, 0.15) is 5.69 Å². The van der Waals surface area contributed by atoms with Crippen LogP contribution in [-0.4, -0.2) is 69.7 Å².